The number of rotatable bonds is 3. The van der Waals surface area contributed by atoms with Crippen molar-refractivity contribution in [2.24, 2.45) is 5.84 Å². The second-order valence-corrected chi connectivity index (χ2v) is 5.11. The van der Waals surface area contributed by atoms with E-state index in [0.29, 0.717) is 17.5 Å². The van der Waals surface area contributed by atoms with Crippen molar-refractivity contribution in [2.75, 3.05) is 6.54 Å². The van der Waals surface area contributed by atoms with Crippen LogP contribution < -0.4 is 5.84 Å². The number of amides is 1. The minimum Gasteiger partial charge on any atom is -0.443 e. The quantitative estimate of drug-likeness (QED) is 0.519. The first kappa shape index (κ1) is 15.2. The Morgan fingerprint density at radius 2 is 1.95 bits per heavy atom. The highest BCUT2D eigenvalue weighted by Crippen LogP contribution is 2.16. The Labute approximate surface area is 112 Å². The van der Waals surface area contributed by atoms with Gasteiger partial charge >= 0.3 is 6.09 Å². The monoisotopic (exact) mass is 266 g/mol. The fourth-order valence-electron chi connectivity index (χ4n) is 1.41. The van der Waals surface area contributed by atoms with E-state index in [1.165, 1.54) is 0 Å². The van der Waals surface area contributed by atoms with E-state index >= 15 is 0 Å². The number of hydrogen-bond donors (Lipinski definition) is 1. The molecule has 0 radical (unpaired) electrons. The molecule has 5 heteroatoms. The molecule has 1 aromatic rings. The molecule has 0 aromatic heterocycles. The smallest absolute Gasteiger partial charge is 0.424 e. The Kier molecular flexibility index (Phi) is 5.06. The van der Waals surface area contributed by atoms with Gasteiger partial charge in [-0.1, -0.05) is 30.3 Å². The minimum atomic E-state index is -0.692. The number of hydrogen-bond acceptors (Lipinski definition) is 3. The number of nitrogens with zero attached hydrogens (tertiary/aromatic N) is 1. The Hall–Kier alpha value is -1.88. The van der Waals surface area contributed by atoms with Crippen LogP contribution in [0.1, 0.15) is 26.3 Å². The Morgan fingerprint density at radius 1 is 1.37 bits per heavy atom. The molecule has 0 saturated carbocycles. The molecule has 0 fully saturated rings. The fourth-order valence-corrected chi connectivity index (χ4v) is 1.41. The molecule has 19 heavy (non-hydrogen) atoms. The summed E-state index contributed by atoms with van der Waals surface area (Å²) in [6, 6.07) is 8.89. The lowest BCUT2D eigenvalue weighted by molar-refractivity contribution is 0.0273. The van der Waals surface area contributed by atoms with Gasteiger partial charge < -0.3 is 4.74 Å². The topological polar surface area (TPSA) is 55.6 Å². The number of hydrazine groups is 1. The molecule has 1 amide bonds. The van der Waals surface area contributed by atoms with Gasteiger partial charge in [-0.25, -0.2) is 20.0 Å². The van der Waals surface area contributed by atoms with Crippen LogP contribution in [0, 0.1) is 0 Å². The van der Waals surface area contributed by atoms with Crippen molar-refractivity contribution in [2.45, 2.75) is 26.4 Å². The molecule has 0 heterocycles. The third-order valence-corrected chi connectivity index (χ3v) is 2.24. The molecule has 0 aliphatic heterocycles. The van der Waals surface area contributed by atoms with Crippen LogP contribution in [-0.2, 0) is 4.74 Å². The maximum atomic E-state index is 12.9. The van der Waals surface area contributed by atoms with E-state index < -0.39 is 11.7 Å². The summed E-state index contributed by atoms with van der Waals surface area (Å²) in [5.41, 5.74) is 0.346. The highest BCUT2D eigenvalue weighted by molar-refractivity contribution is 5.73. The molecule has 4 nitrogen and oxygen atoms in total. The van der Waals surface area contributed by atoms with Crippen molar-refractivity contribution in [1.82, 2.24) is 5.01 Å². The SMILES string of the molecule is CC(C)(C)OC(=O)N(N)C/C(=C/F)c1ccccc1. The first-order chi connectivity index (χ1) is 8.83. The number of ether oxygens (including phenoxy) is 1. The zero-order valence-electron chi connectivity index (χ0n) is 11.4. The Morgan fingerprint density at radius 3 is 2.42 bits per heavy atom. The van der Waals surface area contributed by atoms with Crippen molar-refractivity contribution in [3.63, 3.8) is 0 Å². The van der Waals surface area contributed by atoms with Crippen molar-refractivity contribution < 1.29 is 13.9 Å². The first-order valence-electron chi connectivity index (χ1n) is 5.93. The number of nitrogens with two attached hydrogens (primary N) is 1. The van der Waals surface area contributed by atoms with Gasteiger partial charge in [0.1, 0.15) is 5.60 Å². The van der Waals surface area contributed by atoms with Crippen molar-refractivity contribution >= 4 is 11.7 Å². The predicted octanol–water partition coefficient (Wildman–Crippen LogP) is 3.11. The third-order valence-electron chi connectivity index (χ3n) is 2.24. The van der Waals surface area contributed by atoms with Gasteiger partial charge in [0.2, 0.25) is 0 Å². The summed E-state index contributed by atoms with van der Waals surface area (Å²) in [5, 5.41) is 0.851. The summed E-state index contributed by atoms with van der Waals surface area (Å²) in [7, 11) is 0. The second-order valence-electron chi connectivity index (χ2n) is 5.11. The first-order valence-corrected chi connectivity index (χ1v) is 5.93. The zero-order chi connectivity index (χ0) is 14.5. The van der Waals surface area contributed by atoms with Crippen LogP contribution >= 0.6 is 0 Å². The predicted molar refractivity (Wildman–Crippen MR) is 72.7 cm³/mol. The van der Waals surface area contributed by atoms with E-state index in [1.54, 1.807) is 45.0 Å². The van der Waals surface area contributed by atoms with Gasteiger partial charge in [0.15, 0.2) is 0 Å². The lowest BCUT2D eigenvalue weighted by Crippen LogP contribution is -2.42. The number of carbonyl (C=O) groups is 1. The number of halogens is 1. The summed E-state index contributed by atoms with van der Waals surface area (Å²) in [6.07, 6.45) is -0.248. The van der Waals surface area contributed by atoms with E-state index in [-0.39, 0.29) is 6.54 Å². The largest absolute Gasteiger partial charge is 0.443 e. The molecule has 0 bridgehead atoms. The highest BCUT2D eigenvalue weighted by atomic mass is 19.1. The lowest BCUT2D eigenvalue weighted by atomic mass is 10.1. The van der Waals surface area contributed by atoms with E-state index in [9.17, 15) is 9.18 Å². The molecule has 0 atom stereocenters. The van der Waals surface area contributed by atoms with Gasteiger partial charge in [-0.15, -0.1) is 0 Å². The molecule has 0 saturated heterocycles. The Balaban J connectivity index is 2.70. The van der Waals surface area contributed by atoms with Crippen LogP contribution in [0.15, 0.2) is 36.7 Å². The molecule has 1 rings (SSSR count). The normalized spacial score (nSPS) is 12.2. The highest BCUT2D eigenvalue weighted by Gasteiger charge is 2.21. The summed E-state index contributed by atoms with van der Waals surface area (Å²) < 4.78 is 18.0. The molecule has 1 aromatic carbocycles. The molecular weight excluding hydrogens is 247 g/mol. The summed E-state index contributed by atoms with van der Waals surface area (Å²) in [5.74, 6) is 5.59. The molecule has 0 spiro atoms. The summed E-state index contributed by atoms with van der Waals surface area (Å²) in [6.45, 7) is 5.15. The van der Waals surface area contributed by atoms with Crippen LogP contribution in [0.25, 0.3) is 5.57 Å². The van der Waals surface area contributed by atoms with Crippen LogP contribution in [0.2, 0.25) is 0 Å². The minimum absolute atomic E-state index is 0.0601. The summed E-state index contributed by atoms with van der Waals surface area (Å²) >= 11 is 0. The van der Waals surface area contributed by atoms with E-state index in [0.717, 1.165) is 5.01 Å². The molecular formula is C14H19FN2O2. The van der Waals surface area contributed by atoms with Crippen LogP contribution in [0.3, 0.4) is 0 Å². The van der Waals surface area contributed by atoms with Gasteiger partial charge in [-0.3, -0.25) is 0 Å². The Bertz CT molecular complexity index is 452. The summed E-state index contributed by atoms with van der Waals surface area (Å²) in [4.78, 5) is 11.7. The average Bonchev–Trinajstić information content (AvgIpc) is 2.34. The standard InChI is InChI=1S/C14H19FN2O2/c1-14(2,3)19-13(18)17(16)10-12(9-15)11-7-5-4-6-8-11/h4-9H,10,16H2,1-3H3/b12-9-. The molecule has 2 N–H and O–H groups in total. The average molecular weight is 266 g/mol. The number of carbonyl (C=O) groups excluding carboxylic acids is 1. The zero-order valence-corrected chi connectivity index (χ0v) is 11.4. The van der Waals surface area contributed by atoms with Crippen molar-refractivity contribution in [1.29, 1.82) is 0 Å². The van der Waals surface area contributed by atoms with Gasteiger partial charge in [0.25, 0.3) is 0 Å². The molecule has 0 aliphatic rings. The van der Waals surface area contributed by atoms with Gasteiger partial charge in [0, 0.05) is 5.57 Å². The molecule has 104 valence electrons. The van der Waals surface area contributed by atoms with Crippen molar-refractivity contribution in [3.8, 4) is 0 Å². The van der Waals surface area contributed by atoms with Gasteiger partial charge in [-0.05, 0) is 26.3 Å². The van der Waals surface area contributed by atoms with Crippen LogP contribution in [0.5, 0.6) is 0 Å². The van der Waals surface area contributed by atoms with E-state index in [4.69, 9.17) is 10.6 Å². The maximum Gasteiger partial charge on any atom is 0.424 e. The maximum absolute atomic E-state index is 12.9. The third kappa shape index (κ3) is 5.09. The van der Waals surface area contributed by atoms with Crippen molar-refractivity contribution in [3.05, 3.63) is 42.2 Å². The van der Waals surface area contributed by atoms with E-state index in [1.807, 2.05) is 6.07 Å². The fraction of sp³-hybridized carbons (Fsp3) is 0.357. The molecule has 0 unspecified atom stereocenters. The van der Waals surface area contributed by atoms with Gasteiger partial charge in [0.05, 0.1) is 12.9 Å². The lowest BCUT2D eigenvalue weighted by Gasteiger charge is -2.24. The van der Waals surface area contributed by atoms with Crippen LogP contribution in [-0.4, -0.2) is 23.2 Å². The second kappa shape index (κ2) is 6.33. The molecule has 0 aliphatic carbocycles. The number of benzene rings is 1. The van der Waals surface area contributed by atoms with Gasteiger partial charge in [-0.2, -0.15) is 0 Å². The van der Waals surface area contributed by atoms with Crippen LogP contribution in [0.4, 0.5) is 9.18 Å². The van der Waals surface area contributed by atoms with E-state index in [2.05, 4.69) is 0 Å².